The molecule has 0 spiro atoms. The van der Waals surface area contributed by atoms with Crippen LogP contribution in [-0.4, -0.2) is 30.2 Å². The number of amides is 1. The third-order valence-electron chi connectivity index (χ3n) is 4.84. The molecule has 2 aromatic carbocycles. The molecule has 0 atom stereocenters. The molecule has 0 saturated heterocycles. The molecule has 7 nitrogen and oxygen atoms in total. The molecule has 9 heteroatoms. The van der Waals surface area contributed by atoms with Gasteiger partial charge in [0.25, 0.3) is 5.91 Å². The summed E-state index contributed by atoms with van der Waals surface area (Å²) in [6.45, 7) is 0. The highest BCUT2D eigenvalue weighted by molar-refractivity contribution is 7.19. The van der Waals surface area contributed by atoms with E-state index in [9.17, 15) is 4.79 Å². The van der Waals surface area contributed by atoms with Crippen molar-refractivity contribution in [2.24, 2.45) is 7.05 Å². The Morgan fingerprint density at radius 1 is 1.12 bits per heavy atom. The van der Waals surface area contributed by atoms with Crippen LogP contribution in [0.15, 0.2) is 79.4 Å². The van der Waals surface area contributed by atoms with Crippen molar-refractivity contribution in [2.45, 2.75) is 0 Å². The number of aryl methyl sites for hydroxylation is 1. The van der Waals surface area contributed by atoms with Gasteiger partial charge in [-0.2, -0.15) is 5.10 Å². The maximum Gasteiger partial charge on any atom is 0.260 e. The van der Waals surface area contributed by atoms with Crippen molar-refractivity contribution in [2.75, 3.05) is 5.32 Å². The monoisotopic (exact) mass is 460 g/mol. The van der Waals surface area contributed by atoms with Gasteiger partial charge in [0.05, 0.1) is 28.0 Å². The summed E-state index contributed by atoms with van der Waals surface area (Å²) < 4.78 is 3.54. The molecule has 3 aromatic heterocycles. The number of aromatic nitrogens is 5. The van der Waals surface area contributed by atoms with E-state index in [4.69, 9.17) is 16.6 Å². The predicted molar refractivity (Wildman–Crippen MR) is 126 cm³/mol. The van der Waals surface area contributed by atoms with Crippen LogP contribution >= 0.6 is 22.9 Å². The van der Waals surface area contributed by atoms with Gasteiger partial charge in [-0.05, 0) is 18.2 Å². The first-order valence-corrected chi connectivity index (χ1v) is 10.9. The van der Waals surface area contributed by atoms with Gasteiger partial charge in [-0.25, -0.2) is 14.6 Å². The fourth-order valence-corrected chi connectivity index (χ4v) is 4.48. The van der Waals surface area contributed by atoms with E-state index in [0.717, 1.165) is 27.6 Å². The van der Waals surface area contributed by atoms with Gasteiger partial charge < -0.3 is 4.57 Å². The largest absolute Gasteiger partial charge is 0.333 e. The van der Waals surface area contributed by atoms with Gasteiger partial charge in [-0.1, -0.05) is 59.3 Å². The number of nitrogens with zero attached hydrogens (tertiary/aromatic N) is 5. The number of thiazole rings is 1. The number of rotatable bonds is 5. The average molecular weight is 461 g/mol. The summed E-state index contributed by atoms with van der Waals surface area (Å²) in [7, 11) is 1.93. The Labute approximate surface area is 193 Å². The van der Waals surface area contributed by atoms with Crippen LogP contribution < -0.4 is 5.32 Å². The van der Waals surface area contributed by atoms with Gasteiger partial charge in [-0.3, -0.25) is 10.1 Å². The summed E-state index contributed by atoms with van der Waals surface area (Å²) >= 11 is 7.44. The van der Waals surface area contributed by atoms with Crippen LogP contribution in [0.2, 0.25) is 5.02 Å². The first kappa shape index (κ1) is 20.2. The Balaban J connectivity index is 1.45. The summed E-state index contributed by atoms with van der Waals surface area (Å²) in [6.07, 6.45) is 6.80. The molecule has 0 unspecified atom stereocenters. The summed E-state index contributed by atoms with van der Waals surface area (Å²) in [6, 6.07) is 17.1. The van der Waals surface area contributed by atoms with Gasteiger partial charge in [-0.15, -0.1) is 0 Å². The van der Waals surface area contributed by atoms with Gasteiger partial charge >= 0.3 is 0 Å². The predicted octanol–water partition coefficient (Wildman–Crippen LogP) is 5.30. The standard InChI is InChI=1S/C23H17ClN6OS/c1-29-11-10-25-21(29)20-19(15-6-3-2-4-7-15)27-23(32-20)28-22(31)16-13-26-30(14-16)18-9-5-8-17(24)12-18/h2-14H,1H3,(H,27,28,31). The molecule has 1 amide bonds. The van der Waals surface area contributed by atoms with Crippen molar-refractivity contribution >= 4 is 34.0 Å². The second kappa shape index (κ2) is 8.41. The number of hydrogen-bond acceptors (Lipinski definition) is 5. The zero-order valence-corrected chi connectivity index (χ0v) is 18.5. The van der Waals surface area contributed by atoms with Crippen molar-refractivity contribution in [1.82, 2.24) is 24.3 Å². The van der Waals surface area contributed by atoms with Crippen LogP contribution in [0.4, 0.5) is 5.13 Å². The number of carbonyl (C=O) groups is 1. The van der Waals surface area contributed by atoms with E-state index in [2.05, 4.69) is 15.4 Å². The lowest BCUT2D eigenvalue weighted by Gasteiger charge is -2.02. The van der Waals surface area contributed by atoms with Crippen LogP contribution in [0, 0.1) is 0 Å². The highest BCUT2D eigenvalue weighted by Gasteiger charge is 2.20. The quantitative estimate of drug-likeness (QED) is 0.386. The molecule has 0 fully saturated rings. The van der Waals surface area contributed by atoms with E-state index in [1.807, 2.05) is 60.3 Å². The number of benzene rings is 2. The second-order valence-electron chi connectivity index (χ2n) is 7.03. The summed E-state index contributed by atoms with van der Waals surface area (Å²) in [5, 5.41) is 8.27. The molecule has 0 aliphatic rings. The van der Waals surface area contributed by atoms with Gasteiger partial charge in [0.1, 0.15) is 0 Å². The minimum Gasteiger partial charge on any atom is -0.333 e. The molecule has 0 bridgehead atoms. The van der Waals surface area contributed by atoms with E-state index in [-0.39, 0.29) is 5.91 Å². The smallest absolute Gasteiger partial charge is 0.260 e. The van der Waals surface area contributed by atoms with Crippen molar-refractivity contribution in [3.63, 3.8) is 0 Å². The number of nitrogens with one attached hydrogen (secondary N) is 1. The van der Waals surface area contributed by atoms with Crippen LogP contribution in [0.3, 0.4) is 0 Å². The molecule has 0 aliphatic heterocycles. The van der Waals surface area contributed by atoms with Gasteiger partial charge in [0.15, 0.2) is 11.0 Å². The van der Waals surface area contributed by atoms with E-state index < -0.39 is 0 Å². The normalized spacial score (nSPS) is 10.9. The first-order valence-electron chi connectivity index (χ1n) is 9.74. The third kappa shape index (κ3) is 3.93. The van der Waals surface area contributed by atoms with E-state index in [0.29, 0.717) is 15.7 Å². The maximum absolute atomic E-state index is 12.9. The highest BCUT2D eigenvalue weighted by atomic mass is 35.5. The Morgan fingerprint density at radius 3 is 2.72 bits per heavy atom. The summed E-state index contributed by atoms with van der Waals surface area (Å²) in [5.41, 5.74) is 2.92. The highest BCUT2D eigenvalue weighted by Crippen LogP contribution is 2.38. The molecule has 5 aromatic rings. The Morgan fingerprint density at radius 2 is 1.97 bits per heavy atom. The fourth-order valence-electron chi connectivity index (χ4n) is 3.27. The lowest BCUT2D eigenvalue weighted by atomic mass is 10.1. The topological polar surface area (TPSA) is 77.6 Å². The molecule has 0 radical (unpaired) electrons. The molecule has 32 heavy (non-hydrogen) atoms. The van der Waals surface area contributed by atoms with Crippen LogP contribution in [0.1, 0.15) is 10.4 Å². The summed E-state index contributed by atoms with van der Waals surface area (Å²) in [5.74, 6) is 0.494. The third-order valence-corrected chi connectivity index (χ3v) is 6.04. The Hall–Kier alpha value is -3.75. The van der Waals surface area contributed by atoms with Crippen molar-refractivity contribution in [3.8, 4) is 27.6 Å². The number of halogens is 1. The van der Waals surface area contributed by atoms with Crippen LogP contribution in [0.25, 0.3) is 27.6 Å². The number of imidazole rings is 1. The van der Waals surface area contributed by atoms with Crippen molar-refractivity contribution < 1.29 is 4.79 Å². The van der Waals surface area contributed by atoms with E-state index in [1.54, 1.807) is 29.2 Å². The molecule has 5 rings (SSSR count). The molecule has 3 heterocycles. The van der Waals surface area contributed by atoms with E-state index >= 15 is 0 Å². The average Bonchev–Trinajstić information content (AvgIpc) is 3.54. The lowest BCUT2D eigenvalue weighted by molar-refractivity contribution is 0.102. The van der Waals surface area contributed by atoms with Gasteiger partial charge in [0, 0.05) is 36.2 Å². The molecule has 158 valence electrons. The lowest BCUT2D eigenvalue weighted by Crippen LogP contribution is -2.10. The van der Waals surface area contributed by atoms with Crippen molar-refractivity contribution in [3.05, 3.63) is 90.0 Å². The zero-order valence-electron chi connectivity index (χ0n) is 16.9. The Bertz CT molecular complexity index is 1400. The van der Waals surface area contributed by atoms with Crippen LogP contribution in [0.5, 0.6) is 0 Å². The Kier molecular flexibility index (Phi) is 5.30. The molecule has 0 aliphatic carbocycles. The second-order valence-corrected chi connectivity index (χ2v) is 8.47. The van der Waals surface area contributed by atoms with Gasteiger partial charge in [0.2, 0.25) is 0 Å². The number of hydrogen-bond donors (Lipinski definition) is 1. The van der Waals surface area contributed by atoms with E-state index in [1.165, 1.54) is 17.5 Å². The molecule has 0 saturated carbocycles. The maximum atomic E-state index is 12.9. The summed E-state index contributed by atoms with van der Waals surface area (Å²) in [4.78, 5) is 22.9. The number of carbonyl (C=O) groups excluding carboxylic acids is 1. The van der Waals surface area contributed by atoms with Crippen molar-refractivity contribution in [1.29, 1.82) is 0 Å². The molecular formula is C23H17ClN6OS. The molecule has 1 N–H and O–H groups in total. The minimum atomic E-state index is -0.293. The van der Waals surface area contributed by atoms with Crippen LogP contribution in [-0.2, 0) is 7.05 Å². The zero-order chi connectivity index (χ0) is 22.1. The molecular weight excluding hydrogens is 444 g/mol. The minimum absolute atomic E-state index is 0.293. The fraction of sp³-hybridized carbons (Fsp3) is 0.0435. The number of anilines is 1. The SMILES string of the molecule is Cn1ccnc1-c1sc(NC(=O)c2cnn(-c3cccc(Cl)c3)c2)nc1-c1ccccc1. The first-order chi connectivity index (χ1) is 15.6.